The van der Waals surface area contributed by atoms with E-state index < -0.39 is 11.5 Å². The number of carbonyl (C=O) groups is 1. The highest BCUT2D eigenvalue weighted by molar-refractivity contribution is 7.16. The molecule has 0 fully saturated rings. The highest BCUT2D eigenvalue weighted by Crippen LogP contribution is 2.17. The Hall–Kier alpha value is -2.25. The first-order chi connectivity index (χ1) is 11.1. The van der Waals surface area contributed by atoms with E-state index in [1.807, 2.05) is 12.1 Å². The third-order valence-corrected chi connectivity index (χ3v) is 4.20. The summed E-state index contributed by atoms with van der Waals surface area (Å²) in [5, 5.41) is 5.63. The zero-order valence-corrected chi connectivity index (χ0v) is 13.7. The van der Waals surface area contributed by atoms with E-state index in [0.29, 0.717) is 16.4 Å². The molecule has 0 unspecified atom stereocenters. The first-order valence-corrected chi connectivity index (χ1v) is 8.07. The topological polar surface area (TPSA) is 73.6 Å². The summed E-state index contributed by atoms with van der Waals surface area (Å²) in [5.41, 5.74) is 0.613. The van der Waals surface area contributed by atoms with Crippen molar-refractivity contribution in [3.05, 3.63) is 62.0 Å². The molecule has 0 spiro atoms. The monoisotopic (exact) mass is 349 g/mol. The molecule has 118 valence electrons. The molecule has 0 N–H and O–H groups in total. The van der Waals surface area contributed by atoms with E-state index in [2.05, 4.69) is 10.1 Å². The predicted octanol–water partition coefficient (Wildman–Crippen LogP) is 2.57. The van der Waals surface area contributed by atoms with Gasteiger partial charge in [-0.3, -0.25) is 4.79 Å². The van der Waals surface area contributed by atoms with Crippen molar-refractivity contribution in [2.45, 2.75) is 13.3 Å². The van der Waals surface area contributed by atoms with E-state index in [-0.39, 0.29) is 12.3 Å². The Bertz CT molecular complexity index is 918. The molecule has 6 nitrogen and oxygen atoms in total. The minimum atomic E-state index is -0.611. The lowest BCUT2D eigenvalue weighted by Gasteiger charge is -1.99. The van der Waals surface area contributed by atoms with Gasteiger partial charge in [-0.25, -0.2) is 9.78 Å². The van der Waals surface area contributed by atoms with Crippen LogP contribution in [0.4, 0.5) is 0 Å². The molecule has 0 saturated carbocycles. The molecule has 8 heteroatoms. The third-order valence-electron chi connectivity index (χ3n) is 3.04. The quantitative estimate of drug-likeness (QED) is 0.677. The largest absolute Gasteiger partial charge is 0.461 e. The number of hydrogen-bond acceptors (Lipinski definition) is 6. The number of benzene rings is 1. The van der Waals surface area contributed by atoms with Gasteiger partial charge in [-0.1, -0.05) is 35.1 Å². The van der Waals surface area contributed by atoms with Gasteiger partial charge in [-0.05, 0) is 24.6 Å². The van der Waals surface area contributed by atoms with E-state index in [9.17, 15) is 9.59 Å². The average molecular weight is 350 g/mol. The lowest BCUT2D eigenvalue weighted by molar-refractivity contribution is 0.0519. The van der Waals surface area contributed by atoms with Gasteiger partial charge in [-0.2, -0.15) is 9.61 Å². The summed E-state index contributed by atoms with van der Waals surface area (Å²) in [7, 11) is 0. The lowest BCUT2D eigenvalue weighted by atomic mass is 10.2. The van der Waals surface area contributed by atoms with Crippen molar-refractivity contribution in [2.75, 3.05) is 6.61 Å². The Labute approximate surface area is 140 Å². The fraction of sp³-hybridized carbons (Fsp3) is 0.200. The van der Waals surface area contributed by atoms with E-state index in [1.165, 1.54) is 15.9 Å². The van der Waals surface area contributed by atoms with E-state index in [0.717, 1.165) is 16.6 Å². The summed E-state index contributed by atoms with van der Waals surface area (Å²) < 4.78 is 6.06. The maximum Gasteiger partial charge on any atom is 0.357 e. The van der Waals surface area contributed by atoms with Crippen molar-refractivity contribution in [2.24, 2.45) is 0 Å². The van der Waals surface area contributed by atoms with Crippen LogP contribution in [0, 0.1) is 0 Å². The standard InChI is InChI=1S/C15H12ClN3O3S/c1-2-22-14(21)11-8-13(20)19-15(17-11)23-12(18-19)7-9-3-5-10(16)6-4-9/h3-6,8H,2,7H2,1H3. The van der Waals surface area contributed by atoms with E-state index in [4.69, 9.17) is 16.3 Å². The second-order valence-electron chi connectivity index (χ2n) is 4.69. The number of ether oxygens (including phenoxy) is 1. The van der Waals surface area contributed by atoms with Crippen molar-refractivity contribution < 1.29 is 9.53 Å². The number of nitrogens with zero attached hydrogens (tertiary/aromatic N) is 3. The van der Waals surface area contributed by atoms with Crippen LogP contribution in [0.5, 0.6) is 0 Å². The Kier molecular flexibility index (Phi) is 4.40. The molecule has 0 bridgehead atoms. The molecule has 1 aromatic carbocycles. The molecule has 0 aliphatic carbocycles. The van der Waals surface area contributed by atoms with Gasteiger partial charge in [0.15, 0.2) is 5.69 Å². The van der Waals surface area contributed by atoms with Crippen LogP contribution in [-0.2, 0) is 11.2 Å². The SMILES string of the molecule is CCOC(=O)c1cc(=O)n2nc(Cc3ccc(Cl)cc3)sc2n1. The molecule has 23 heavy (non-hydrogen) atoms. The Morgan fingerprint density at radius 1 is 1.35 bits per heavy atom. The summed E-state index contributed by atoms with van der Waals surface area (Å²) in [4.78, 5) is 28.3. The molecule has 0 atom stereocenters. The Balaban J connectivity index is 1.95. The number of esters is 1. The maximum atomic E-state index is 12.1. The number of hydrogen-bond donors (Lipinski definition) is 0. The molecular formula is C15H12ClN3O3S. The van der Waals surface area contributed by atoms with Gasteiger partial charge in [0.25, 0.3) is 5.56 Å². The molecule has 3 aromatic rings. The van der Waals surface area contributed by atoms with Gasteiger partial charge < -0.3 is 4.74 Å². The molecule has 0 amide bonds. The molecule has 2 heterocycles. The Morgan fingerprint density at radius 3 is 2.78 bits per heavy atom. The van der Waals surface area contributed by atoms with Crippen LogP contribution in [0.15, 0.2) is 35.1 Å². The van der Waals surface area contributed by atoms with Crippen LogP contribution in [0.2, 0.25) is 5.02 Å². The van der Waals surface area contributed by atoms with Crippen LogP contribution in [0.25, 0.3) is 4.96 Å². The highest BCUT2D eigenvalue weighted by atomic mass is 35.5. The molecule has 3 rings (SSSR count). The van der Waals surface area contributed by atoms with Crippen molar-refractivity contribution in [3.8, 4) is 0 Å². The van der Waals surface area contributed by atoms with Crippen molar-refractivity contribution >= 4 is 33.9 Å². The second kappa shape index (κ2) is 6.47. The zero-order valence-electron chi connectivity index (χ0n) is 12.2. The normalized spacial score (nSPS) is 10.9. The summed E-state index contributed by atoms with van der Waals surface area (Å²) in [6.07, 6.45) is 0.555. The van der Waals surface area contributed by atoms with E-state index >= 15 is 0 Å². The fourth-order valence-corrected chi connectivity index (χ4v) is 3.07. The van der Waals surface area contributed by atoms with Gasteiger partial charge in [0.05, 0.1) is 6.61 Å². The summed E-state index contributed by atoms with van der Waals surface area (Å²) in [5.74, 6) is -0.611. The molecule has 0 saturated heterocycles. The van der Waals surface area contributed by atoms with Crippen molar-refractivity contribution in [3.63, 3.8) is 0 Å². The van der Waals surface area contributed by atoms with Gasteiger partial charge in [0.1, 0.15) is 5.01 Å². The van der Waals surface area contributed by atoms with Crippen LogP contribution >= 0.6 is 22.9 Å². The summed E-state index contributed by atoms with van der Waals surface area (Å²) >= 11 is 7.12. The van der Waals surface area contributed by atoms with Crippen LogP contribution in [-0.4, -0.2) is 27.2 Å². The number of aromatic nitrogens is 3. The first-order valence-electron chi connectivity index (χ1n) is 6.88. The smallest absolute Gasteiger partial charge is 0.357 e. The van der Waals surface area contributed by atoms with E-state index in [1.54, 1.807) is 19.1 Å². The summed E-state index contributed by atoms with van der Waals surface area (Å²) in [6, 6.07) is 8.53. The second-order valence-corrected chi connectivity index (χ2v) is 6.17. The van der Waals surface area contributed by atoms with Crippen LogP contribution < -0.4 is 5.56 Å². The highest BCUT2D eigenvalue weighted by Gasteiger charge is 2.14. The van der Waals surface area contributed by atoms with Crippen LogP contribution in [0.3, 0.4) is 0 Å². The number of fused-ring (bicyclic) bond motifs is 1. The molecular weight excluding hydrogens is 338 g/mol. The minimum Gasteiger partial charge on any atom is -0.461 e. The number of carbonyl (C=O) groups excluding carboxylic acids is 1. The first kappa shape index (κ1) is 15.6. The average Bonchev–Trinajstić information content (AvgIpc) is 2.93. The van der Waals surface area contributed by atoms with Crippen molar-refractivity contribution in [1.82, 2.24) is 14.6 Å². The maximum absolute atomic E-state index is 12.1. The molecule has 0 aliphatic rings. The van der Waals surface area contributed by atoms with Gasteiger partial charge >= 0.3 is 5.97 Å². The molecule has 2 aromatic heterocycles. The number of rotatable bonds is 4. The van der Waals surface area contributed by atoms with Gasteiger partial charge in [-0.15, -0.1) is 0 Å². The Morgan fingerprint density at radius 2 is 2.09 bits per heavy atom. The van der Waals surface area contributed by atoms with Gasteiger partial charge in [0.2, 0.25) is 4.96 Å². The molecule has 0 aliphatic heterocycles. The van der Waals surface area contributed by atoms with Crippen LogP contribution in [0.1, 0.15) is 28.0 Å². The molecule has 0 radical (unpaired) electrons. The minimum absolute atomic E-state index is 0.00135. The fourth-order valence-electron chi connectivity index (χ4n) is 2.01. The van der Waals surface area contributed by atoms with Gasteiger partial charge in [0, 0.05) is 17.5 Å². The summed E-state index contributed by atoms with van der Waals surface area (Å²) in [6.45, 7) is 1.92. The third kappa shape index (κ3) is 3.40. The predicted molar refractivity (Wildman–Crippen MR) is 87.3 cm³/mol. The zero-order chi connectivity index (χ0) is 16.4. The van der Waals surface area contributed by atoms with Crippen molar-refractivity contribution in [1.29, 1.82) is 0 Å². The number of halogens is 1. The lowest BCUT2D eigenvalue weighted by Crippen LogP contribution is -2.18.